The number of carbonyl (C=O) groups is 1. The molecule has 0 aliphatic rings. The van der Waals surface area contributed by atoms with Crippen molar-refractivity contribution in [2.24, 2.45) is 5.41 Å². The molecular formula is C22H24ClFN4O2. The number of H-pyrrole nitrogens is 1. The zero-order chi connectivity index (χ0) is 22.1. The Labute approximate surface area is 179 Å². The summed E-state index contributed by atoms with van der Waals surface area (Å²) in [5, 5.41) is 10.7. The van der Waals surface area contributed by atoms with Crippen LogP contribution in [0.1, 0.15) is 45.6 Å². The van der Waals surface area contributed by atoms with Crippen LogP contribution in [-0.2, 0) is 4.74 Å². The van der Waals surface area contributed by atoms with Crippen molar-refractivity contribution in [3.63, 3.8) is 0 Å². The maximum Gasteiger partial charge on any atom is 0.414 e. The lowest BCUT2D eigenvalue weighted by Gasteiger charge is -2.20. The summed E-state index contributed by atoms with van der Waals surface area (Å²) in [5.74, 6) is -0.731. The van der Waals surface area contributed by atoms with E-state index in [0.717, 1.165) is 25.3 Å². The van der Waals surface area contributed by atoms with E-state index >= 15 is 0 Å². The summed E-state index contributed by atoms with van der Waals surface area (Å²) < 4.78 is 20.1. The molecule has 0 bridgehead atoms. The van der Waals surface area contributed by atoms with Gasteiger partial charge in [-0.05, 0) is 30.7 Å². The third kappa shape index (κ3) is 4.49. The molecule has 1 amide bonds. The molecule has 0 aliphatic heterocycles. The van der Waals surface area contributed by atoms with Crippen molar-refractivity contribution in [1.82, 2.24) is 9.97 Å². The average Bonchev–Trinajstić information content (AvgIpc) is 3.04. The van der Waals surface area contributed by atoms with Crippen LogP contribution in [-0.4, -0.2) is 29.7 Å². The summed E-state index contributed by atoms with van der Waals surface area (Å²) in [6.07, 6.45) is 3.59. The molecule has 0 atom stereocenters. The predicted octanol–water partition coefficient (Wildman–Crippen LogP) is 6.17. The topological polar surface area (TPSA) is 82.0 Å². The van der Waals surface area contributed by atoms with Gasteiger partial charge in [0, 0.05) is 30.1 Å². The third-order valence-electron chi connectivity index (χ3n) is 4.92. The largest absolute Gasteiger partial charge is 0.449 e. The lowest BCUT2D eigenvalue weighted by atomic mass is 9.90. The number of nitriles is 1. The minimum atomic E-state index is -0.731. The second-order valence-electron chi connectivity index (χ2n) is 8.48. The lowest BCUT2D eigenvalue weighted by molar-refractivity contribution is 0.151. The zero-order valence-corrected chi connectivity index (χ0v) is 18.2. The number of nitrogens with zero attached hydrogens (tertiary/aromatic N) is 3. The Hall–Kier alpha value is -2.85. The van der Waals surface area contributed by atoms with E-state index in [1.54, 1.807) is 6.07 Å². The second-order valence-corrected chi connectivity index (χ2v) is 8.92. The van der Waals surface area contributed by atoms with Crippen LogP contribution >= 0.6 is 11.6 Å². The van der Waals surface area contributed by atoms with Crippen LogP contribution in [0.15, 0.2) is 18.3 Å². The van der Waals surface area contributed by atoms with Crippen LogP contribution in [0.5, 0.6) is 0 Å². The van der Waals surface area contributed by atoms with E-state index in [4.69, 9.17) is 16.3 Å². The summed E-state index contributed by atoms with van der Waals surface area (Å²) in [5.41, 5.74) is 1.23. The number of unbranched alkanes of at least 4 members (excludes halogenated alkanes) is 1. The van der Waals surface area contributed by atoms with Crippen molar-refractivity contribution in [1.29, 1.82) is 5.26 Å². The highest BCUT2D eigenvalue weighted by Gasteiger charge is 2.23. The van der Waals surface area contributed by atoms with Crippen LogP contribution in [0, 0.1) is 22.6 Å². The number of halogens is 2. The number of aromatic amines is 1. The van der Waals surface area contributed by atoms with Crippen molar-refractivity contribution >= 4 is 45.3 Å². The Morgan fingerprint density at radius 1 is 1.37 bits per heavy atom. The number of fused-ring (bicyclic) bond motifs is 3. The van der Waals surface area contributed by atoms with Gasteiger partial charge in [-0.3, -0.25) is 4.90 Å². The summed E-state index contributed by atoms with van der Waals surface area (Å²) in [4.78, 5) is 21.0. The lowest BCUT2D eigenvalue weighted by Crippen LogP contribution is -2.28. The number of hydrogen-bond donors (Lipinski definition) is 1. The van der Waals surface area contributed by atoms with Crippen LogP contribution in [0.25, 0.3) is 21.9 Å². The third-order valence-corrected chi connectivity index (χ3v) is 5.13. The van der Waals surface area contributed by atoms with E-state index < -0.39 is 11.9 Å². The van der Waals surface area contributed by atoms with E-state index in [2.05, 4.69) is 30.7 Å². The zero-order valence-electron chi connectivity index (χ0n) is 17.5. The molecule has 1 N–H and O–H groups in total. The molecule has 0 unspecified atom stereocenters. The summed E-state index contributed by atoms with van der Waals surface area (Å²) in [6, 6.07) is 4.65. The first-order valence-corrected chi connectivity index (χ1v) is 10.1. The average molecular weight is 431 g/mol. The molecule has 8 heteroatoms. The first-order valence-electron chi connectivity index (χ1n) is 9.72. The maximum atomic E-state index is 14.7. The monoisotopic (exact) mass is 430 g/mol. The molecule has 0 fully saturated rings. The van der Waals surface area contributed by atoms with Gasteiger partial charge in [-0.15, -0.1) is 0 Å². The van der Waals surface area contributed by atoms with Gasteiger partial charge in [-0.2, -0.15) is 5.26 Å². The Morgan fingerprint density at radius 2 is 2.10 bits per heavy atom. The first kappa shape index (κ1) is 21.8. The van der Waals surface area contributed by atoms with E-state index in [1.807, 2.05) is 6.07 Å². The van der Waals surface area contributed by atoms with E-state index in [0.29, 0.717) is 27.0 Å². The summed E-state index contributed by atoms with van der Waals surface area (Å²) in [6.45, 7) is 6.78. The molecule has 0 spiro atoms. The molecule has 30 heavy (non-hydrogen) atoms. The number of amides is 1. The normalized spacial score (nSPS) is 11.6. The van der Waals surface area contributed by atoms with Crippen molar-refractivity contribution < 1.29 is 13.9 Å². The quantitative estimate of drug-likeness (QED) is 0.490. The molecule has 2 heterocycles. The van der Waals surface area contributed by atoms with Crippen molar-refractivity contribution in [3.05, 3.63) is 34.7 Å². The number of anilines is 1. The summed E-state index contributed by atoms with van der Waals surface area (Å²) >= 11 is 6.04. The van der Waals surface area contributed by atoms with Crippen LogP contribution < -0.4 is 4.90 Å². The molecular weight excluding hydrogens is 407 g/mol. The van der Waals surface area contributed by atoms with Gasteiger partial charge in [0.1, 0.15) is 17.5 Å². The number of benzene rings is 1. The molecule has 6 nitrogen and oxygen atoms in total. The number of pyridine rings is 1. The molecule has 0 aliphatic carbocycles. The van der Waals surface area contributed by atoms with Crippen LogP contribution in [0.2, 0.25) is 5.02 Å². The van der Waals surface area contributed by atoms with Crippen molar-refractivity contribution in [2.75, 3.05) is 18.6 Å². The van der Waals surface area contributed by atoms with Gasteiger partial charge in [-0.25, -0.2) is 14.2 Å². The van der Waals surface area contributed by atoms with Gasteiger partial charge in [0.15, 0.2) is 0 Å². The van der Waals surface area contributed by atoms with Gasteiger partial charge >= 0.3 is 6.09 Å². The van der Waals surface area contributed by atoms with E-state index in [-0.39, 0.29) is 23.3 Å². The minimum absolute atomic E-state index is 0.131. The van der Waals surface area contributed by atoms with E-state index in [1.165, 1.54) is 18.1 Å². The molecule has 0 radical (unpaired) electrons. The minimum Gasteiger partial charge on any atom is -0.449 e. The molecule has 3 rings (SSSR count). The Kier molecular flexibility index (Phi) is 6.18. The van der Waals surface area contributed by atoms with Gasteiger partial charge < -0.3 is 9.72 Å². The molecule has 158 valence electrons. The predicted molar refractivity (Wildman–Crippen MR) is 116 cm³/mol. The fourth-order valence-corrected chi connectivity index (χ4v) is 3.52. The molecule has 0 saturated carbocycles. The first-order chi connectivity index (χ1) is 14.1. The molecule has 0 saturated heterocycles. The second kappa shape index (κ2) is 8.49. The number of aromatic nitrogens is 2. The number of carbonyl (C=O) groups excluding carboxylic acids is 1. The van der Waals surface area contributed by atoms with Crippen molar-refractivity contribution in [2.45, 2.75) is 40.0 Å². The number of nitrogens with one attached hydrogen (secondary N) is 1. The smallest absolute Gasteiger partial charge is 0.414 e. The molecule has 3 aromatic rings. The summed E-state index contributed by atoms with van der Waals surface area (Å²) in [7, 11) is 1.50. The van der Waals surface area contributed by atoms with Gasteiger partial charge in [0.2, 0.25) is 0 Å². The fourth-order valence-electron chi connectivity index (χ4n) is 3.37. The fraction of sp³-hybridized carbons (Fsp3) is 0.409. The van der Waals surface area contributed by atoms with E-state index in [9.17, 15) is 14.4 Å². The van der Waals surface area contributed by atoms with Crippen LogP contribution in [0.3, 0.4) is 0 Å². The van der Waals surface area contributed by atoms with Gasteiger partial charge in [-0.1, -0.05) is 32.4 Å². The highest BCUT2D eigenvalue weighted by Crippen LogP contribution is 2.36. The molecule has 2 aromatic heterocycles. The Balaban J connectivity index is 1.89. The Morgan fingerprint density at radius 3 is 2.77 bits per heavy atom. The number of rotatable bonds is 5. The molecule has 1 aromatic carbocycles. The maximum absolute atomic E-state index is 14.7. The van der Waals surface area contributed by atoms with Crippen LogP contribution in [0.4, 0.5) is 14.9 Å². The number of hydrogen-bond acceptors (Lipinski definition) is 4. The Bertz CT molecular complexity index is 1140. The SMILES string of the molecule is CN(C(=O)OCCCCC(C)(C)C)c1cc(F)c(C#N)c2c1[nH]c1ncc(Cl)cc12. The van der Waals surface area contributed by atoms with Gasteiger partial charge in [0.05, 0.1) is 28.4 Å². The van der Waals surface area contributed by atoms with Crippen molar-refractivity contribution in [3.8, 4) is 6.07 Å². The standard InChI is InChI=1S/C22H24ClFN4O2/c1-22(2,3)7-5-6-8-30-21(29)28(4)17-10-16(24)15(11-25)18-14-9-13(23)12-26-20(14)27-19(17)18/h9-10,12H,5-8H2,1-4H3,(H,26,27). The van der Waals surface area contributed by atoms with Gasteiger partial charge in [0.25, 0.3) is 0 Å². The number of ether oxygens (including phenoxy) is 1. The highest BCUT2D eigenvalue weighted by molar-refractivity contribution is 6.31. The highest BCUT2D eigenvalue weighted by atomic mass is 35.5.